The number of rotatable bonds is 11. The Bertz CT molecular complexity index is 1280. The number of hydrogen-bond donors (Lipinski definition) is 2. The Morgan fingerprint density at radius 3 is 2.46 bits per heavy atom. The molecule has 0 spiro atoms. The molecule has 0 heterocycles. The van der Waals surface area contributed by atoms with Gasteiger partial charge in [-0.2, -0.15) is 5.10 Å². The van der Waals surface area contributed by atoms with Gasteiger partial charge in [0, 0.05) is 10.6 Å². The molecule has 3 rings (SSSR count). The molecular formula is C27H26ClN3O6. The predicted octanol–water partition coefficient (Wildman–Crippen LogP) is 4.24. The summed E-state index contributed by atoms with van der Waals surface area (Å²) < 4.78 is 16.3. The molecule has 2 amide bonds. The Hall–Kier alpha value is -4.37. The van der Waals surface area contributed by atoms with E-state index in [1.165, 1.54) is 19.4 Å². The van der Waals surface area contributed by atoms with Crippen LogP contribution in [0.2, 0.25) is 5.02 Å². The maximum atomic E-state index is 12.5. The molecule has 0 aromatic heterocycles. The van der Waals surface area contributed by atoms with E-state index < -0.39 is 17.8 Å². The zero-order valence-corrected chi connectivity index (χ0v) is 21.1. The summed E-state index contributed by atoms with van der Waals surface area (Å²) in [6.07, 6.45) is 2.28. The number of amides is 2. The van der Waals surface area contributed by atoms with Crippen molar-refractivity contribution < 1.29 is 28.6 Å². The van der Waals surface area contributed by atoms with E-state index in [9.17, 15) is 14.4 Å². The lowest BCUT2D eigenvalue weighted by molar-refractivity contribution is -0.120. The molecule has 192 valence electrons. The molecule has 10 heteroatoms. The number of benzene rings is 3. The Balaban J connectivity index is 1.53. The molecule has 0 unspecified atom stereocenters. The van der Waals surface area contributed by atoms with Gasteiger partial charge in [0.25, 0.3) is 11.8 Å². The smallest absolute Gasteiger partial charge is 0.343 e. The number of esters is 1. The van der Waals surface area contributed by atoms with E-state index in [1.54, 1.807) is 60.7 Å². The Morgan fingerprint density at radius 1 is 0.973 bits per heavy atom. The van der Waals surface area contributed by atoms with Crippen LogP contribution in [0.1, 0.15) is 39.6 Å². The summed E-state index contributed by atoms with van der Waals surface area (Å²) >= 11 is 5.87. The van der Waals surface area contributed by atoms with E-state index in [1.807, 2.05) is 6.92 Å². The van der Waals surface area contributed by atoms with Crippen LogP contribution in [-0.2, 0) is 4.79 Å². The van der Waals surface area contributed by atoms with Gasteiger partial charge in [-0.1, -0.05) is 24.6 Å². The van der Waals surface area contributed by atoms with Crippen molar-refractivity contribution in [2.45, 2.75) is 13.3 Å². The fraction of sp³-hybridized carbons (Fsp3) is 0.185. The molecule has 0 radical (unpaired) electrons. The first kappa shape index (κ1) is 27.2. The van der Waals surface area contributed by atoms with Gasteiger partial charge in [0.15, 0.2) is 11.5 Å². The molecule has 0 aliphatic rings. The minimum atomic E-state index is -0.547. The molecule has 0 saturated heterocycles. The lowest BCUT2D eigenvalue weighted by Gasteiger charge is -2.10. The first-order valence-electron chi connectivity index (χ1n) is 11.4. The quantitative estimate of drug-likeness (QED) is 0.168. The highest BCUT2D eigenvalue weighted by Gasteiger charge is 2.13. The molecule has 3 aromatic rings. The lowest BCUT2D eigenvalue weighted by atomic mass is 10.2. The highest BCUT2D eigenvalue weighted by atomic mass is 35.5. The first-order chi connectivity index (χ1) is 17.9. The Kier molecular flexibility index (Phi) is 10.0. The van der Waals surface area contributed by atoms with Gasteiger partial charge in [0.2, 0.25) is 0 Å². The third-order valence-corrected chi connectivity index (χ3v) is 5.09. The van der Waals surface area contributed by atoms with E-state index in [0.717, 1.165) is 6.42 Å². The fourth-order valence-electron chi connectivity index (χ4n) is 3.03. The summed E-state index contributed by atoms with van der Waals surface area (Å²) in [5.74, 6) is -0.291. The molecule has 9 nitrogen and oxygen atoms in total. The largest absolute Gasteiger partial charge is 0.494 e. The van der Waals surface area contributed by atoms with Gasteiger partial charge in [0.1, 0.15) is 5.75 Å². The van der Waals surface area contributed by atoms with E-state index >= 15 is 0 Å². The molecular weight excluding hydrogens is 498 g/mol. The summed E-state index contributed by atoms with van der Waals surface area (Å²) in [5, 5.41) is 6.78. The number of carbonyl (C=O) groups excluding carboxylic acids is 3. The minimum absolute atomic E-state index is 0.226. The van der Waals surface area contributed by atoms with Crippen LogP contribution in [-0.4, -0.2) is 44.3 Å². The summed E-state index contributed by atoms with van der Waals surface area (Å²) in [7, 11) is 1.44. The van der Waals surface area contributed by atoms with Gasteiger partial charge in [-0.25, -0.2) is 10.2 Å². The number of halogens is 1. The van der Waals surface area contributed by atoms with E-state index in [4.69, 9.17) is 25.8 Å². The molecule has 0 bridgehead atoms. The highest BCUT2D eigenvalue weighted by molar-refractivity contribution is 6.31. The zero-order chi connectivity index (χ0) is 26.6. The number of hydrogen-bond acceptors (Lipinski definition) is 7. The predicted molar refractivity (Wildman–Crippen MR) is 140 cm³/mol. The van der Waals surface area contributed by atoms with Gasteiger partial charge in [-0.05, 0) is 72.6 Å². The van der Waals surface area contributed by atoms with Crippen LogP contribution < -0.4 is 25.0 Å². The first-order valence-corrected chi connectivity index (χ1v) is 11.8. The van der Waals surface area contributed by atoms with Crippen molar-refractivity contribution in [3.05, 3.63) is 88.4 Å². The van der Waals surface area contributed by atoms with Crippen molar-refractivity contribution in [3.63, 3.8) is 0 Å². The molecule has 37 heavy (non-hydrogen) atoms. The van der Waals surface area contributed by atoms with Crippen molar-refractivity contribution in [2.24, 2.45) is 5.10 Å². The van der Waals surface area contributed by atoms with E-state index in [0.29, 0.717) is 39.8 Å². The minimum Gasteiger partial charge on any atom is -0.494 e. The second kappa shape index (κ2) is 13.6. The third-order valence-electron chi connectivity index (χ3n) is 4.85. The maximum absolute atomic E-state index is 12.5. The van der Waals surface area contributed by atoms with Crippen LogP contribution in [0, 0.1) is 0 Å². The molecule has 0 aliphatic carbocycles. The SMILES string of the molecule is CCCOc1ccc(C(=O)Oc2ccc(/C=N\NC(=O)CNC(=O)c3cccc(Cl)c3)cc2OC)cc1. The van der Waals surface area contributed by atoms with E-state index in [2.05, 4.69) is 15.8 Å². The van der Waals surface area contributed by atoms with Crippen molar-refractivity contribution in [1.82, 2.24) is 10.7 Å². The summed E-state index contributed by atoms with van der Waals surface area (Å²) in [5.41, 5.74) is 3.61. The number of nitrogens with zero attached hydrogens (tertiary/aromatic N) is 1. The van der Waals surface area contributed by atoms with Crippen molar-refractivity contribution >= 4 is 35.6 Å². The van der Waals surface area contributed by atoms with Gasteiger partial charge < -0.3 is 19.5 Å². The Labute approximate surface area is 219 Å². The monoisotopic (exact) mass is 523 g/mol. The average molecular weight is 524 g/mol. The van der Waals surface area contributed by atoms with Crippen LogP contribution in [0.3, 0.4) is 0 Å². The number of methoxy groups -OCH3 is 1. The zero-order valence-electron chi connectivity index (χ0n) is 20.3. The normalized spacial score (nSPS) is 10.6. The second-order valence-corrected chi connectivity index (χ2v) is 8.10. The Morgan fingerprint density at radius 2 is 1.76 bits per heavy atom. The van der Waals surface area contributed by atoms with Crippen LogP contribution in [0.4, 0.5) is 0 Å². The van der Waals surface area contributed by atoms with E-state index in [-0.39, 0.29) is 12.3 Å². The standard InChI is InChI=1S/C27H26ClN3O6/c1-3-13-36-22-10-8-19(9-11-22)27(34)37-23-12-7-18(14-24(23)35-2)16-30-31-25(32)17-29-26(33)20-5-4-6-21(28)15-20/h4-12,14-16H,3,13,17H2,1-2H3,(H,29,33)(H,31,32)/b30-16-. The fourth-order valence-corrected chi connectivity index (χ4v) is 3.22. The molecule has 3 aromatic carbocycles. The summed E-state index contributed by atoms with van der Waals surface area (Å²) in [6, 6.07) is 17.8. The van der Waals surface area contributed by atoms with Gasteiger partial charge in [-0.3, -0.25) is 9.59 Å². The van der Waals surface area contributed by atoms with Gasteiger partial charge in [-0.15, -0.1) is 0 Å². The van der Waals surface area contributed by atoms with Gasteiger partial charge in [0.05, 0.1) is 32.0 Å². The molecule has 0 fully saturated rings. The van der Waals surface area contributed by atoms with Crippen LogP contribution >= 0.6 is 11.6 Å². The maximum Gasteiger partial charge on any atom is 0.343 e. The second-order valence-electron chi connectivity index (χ2n) is 7.66. The molecule has 2 N–H and O–H groups in total. The number of hydrazone groups is 1. The lowest BCUT2D eigenvalue weighted by Crippen LogP contribution is -2.34. The number of nitrogens with one attached hydrogen (secondary N) is 2. The number of ether oxygens (including phenoxy) is 3. The molecule has 0 saturated carbocycles. The van der Waals surface area contributed by atoms with Crippen molar-refractivity contribution in [2.75, 3.05) is 20.3 Å². The van der Waals surface area contributed by atoms with Crippen molar-refractivity contribution in [1.29, 1.82) is 0 Å². The molecule has 0 aliphatic heterocycles. The topological polar surface area (TPSA) is 115 Å². The summed E-state index contributed by atoms with van der Waals surface area (Å²) in [4.78, 5) is 36.6. The average Bonchev–Trinajstić information content (AvgIpc) is 2.91. The van der Waals surface area contributed by atoms with Crippen LogP contribution in [0.15, 0.2) is 71.8 Å². The van der Waals surface area contributed by atoms with Crippen LogP contribution in [0.5, 0.6) is 17.2 Å². The summed E-state index contributed by atoms with van der Waals surface area (Å²) in [6.45, 7) is 2.34. The molecule has 0 atom stereocenters. The highest BCUT2D eigenvalue weighted by Crippen LogP contribution is 2.28. The van der Waals surface area contributed by atoms with Gasteiger partial charge >= 0.3 is 5.97 Å². The number of carbonyl (C=O) groups is 3. The third kappa shape index (κ3) is 8.36. The van der Waals surface area contributed by atoms with Crippen LogP contribution in [0.25, 0.3) is 0 Å². The van der Waals surface area contributed by atoms with Crippen molar-refractivity contribution in [3.8, 4) is 17.2 Å².